The summed E-state index contributed by atoms with van der Waals surface area (Å²) in [7, 11) is 0. The van der Waals surface area contributed by atoms with E-state index in [0.29, 0.717) is 6.04 Å². The summed E-state index contributed by atoms with van der Waals surface area (Å²) < 4.78 is 5.49. The van der Waals surface area contributed by atoms with Gasteiger partial charge in [-0.25, -0.2) is 0 Å². The Morgan fingerprint density at radius 3 is 2.88 bits per heavy atom. The standard InChI is InChI=1S/C12H16N2OS/c1-8-4-11(10(3)15-8)5-14-9(2)12-6-13-7-16-12/h4,6-7,9,14H,5H2,1-3H3. The Labute approximate surface area is 99.5 Å². The van der Waals surface area contributed by atoms with E-state index >= 15 is 0 Å². The molecule has 0 radical (unpaired) electrons. The van der Waals surface area contributed by atoms with Crippen LogP contribution in [-0.2, 0) is 6.54 Å². The first kappa shape index (κ1) is 11.4. The highest BCUT2D eigenvalue weighted by molar-refractivity contribution is 7.09. The van der Waals surface area contributed by atoms with Crippen molar-refractivity contribution in [1.82, 2.24) is 10.3 Å². The van der Waals surface area contributed by atoms with Gasteiger partial charge < -0.3 is 9.73 Å². The minimum absolute atomic E-state index is 0.335. The Balaban J connectivity index is 1.95. The largest absolute Gasteiger partial charge is 0.466 e. The lowest BCUT2D eigenvalue weighted by Crippen LogP contribution is -2.17. The maximum absolute atomic E-state index is 5.49. The molecular weight excluding hydrogens is 220 g/mol. The van der Waals surface area contributed by atoms with E-state index in [2.05, 4.69) is 23.3 Å². The Morgan fingerprint density at radius 2 is 2.31 bits per heavy atom. The van der Waals surface area contributed by atoms with E-state index in [1.165, 1.54) is 10.4 Å². The number of aromatic nitrogens is 1. The lowest BCUT2D eigenvalue weighted by Gasteiger charge is -2.10. The van der Waals surface area contributed by atoms with E-state index < -0.39 is 0 Å². The minimum Gasteiger partial charge on any atom is -0.466 e. The smallest absolute Gasteiger partial charge is 0.105 e. The molecule has 0 fully saturated rings. The zero-order chi connectivity index (χ0) is 11.5. The molecule has 0 saturated carbocycles. The highest BCUT2D eigenvalue weighted by Crippen LogP contribution is 2.18. The van der Waals surface area contributed by atoms with Gasteiger partial charge in [-0.1, -0.05) is 0 Å². The summed E-state index contributed by atoms with van der Waals surface area (Å²) in [5.74, 6) is 1.97. The van der Waals surface area contributed by atoms with Gasteiger partial charge in [-0.15, -0.1) is 11.3 Å². The summed E-state index contributed by atoms with van der Waals surface area (Å²) in [6, 6.07) is 2.42. The zero-order valence-corrected chi connectivity index (χ0v) is 10.6. The highest BCUT2D eigenvalue weighted by Gasteiger charge is 2.09. The quantitative estimate of drug-likeness (QED) is 0.885. The van der Waals surface area contributed by atoms with Crippen molar-refractivity contribution in [3.63, 3.8) is 0 Å². The summed E-state index contributed by atoms with van der Waals surface area (Å²) in [5, 5.41) is 3.47. The molecule has 0 bridgehead atoms. The monoisotopic (exact) mass is 236 g/mol. The Hall–Kier alpha value is -1.13. The first-order chi connectivity index (χ1) is 7.66. The van der Waals surface area contributed by atoms with Gasteiger partial charge in [-0.05, 0) is 26.8 Å². The molecule has 0 spiro atoms. The summed E-state index contributed by atoms with van der Waals surface area (Å²) in [4.78, 5) is 5.34. The maximum Gasteiger partial charge on any atom is 0.105 e. The molecule has 2 aromatic rings. The average Bonchev–Trinajstić information content (AvgIpc) is 2.84. The topological polar surface area (TPSA) is 38.1 Å². The van der Waals surface area contributed by atoms with Crippen LogP contribution in [0.1, 0.15) is 34.9 Å². The third kappa shape index (κ3) is 2.51. The fraction of sp³-hybridized carbons (Fsp3) is 0.417. The Kier molecular flexibility index (Phi) is 3.41. The lowest BCUT2D eigenvalue weighted by atomic mass is 10.2. The highest BCUT2D eigenvalue weighted by atomic mass is 32.1. The third-order valence-electron chi connectivity index (χ3n) is 2.62. The first-order valence-corrected chi connectivity index (χ1v) is 6.22. The SMILES string of the molecule is Cc1cc(CNC(C)c2cncs2)c(C)o1. The second kappa shape index (κ2) is 4.80. The minimum atomic E-state index is 0.335. The zero-order valence-electron chi connectivity index (χ0n) is 9.78. The van der Waals surface area contributed by atoms with Crippen LogP contribution in [0.25, 0.3) is 0 Å². The molecular formula is C12H16N2OS. The molecule has 0 aliphatic carbocycles. The molecule has 1 N–H and O–H groups in total. The summed E-state index contributed by atoms with van der Waals surface area (Å²) in [6.45, 7) is 6.96. The second-order valence-electron chi connectivity index (χ2n) is 3.94. The van der Waals surface area contributed by atoms with Crippen LogP contribution in [0, 0.1) is 13.8 Å². The van der Waals surface area contributed by atoms with E-state index in [0.717, 1.165) is 18.1 Å². The molecule has 86 valence electrons. The maximum atomic E-state index is 5.49. The van der Waals surface area contributed by atoms with E-state index in [1.54, 1.807) is 11.3 Å². The molecule has 0 amide bonds. The van der Waals surface area contributed by atoms with Crippen molar-refractivity contribution < 1.29 is 4.42 Å². The number of nitrogens with one attached hydrogen (secondary N) is 1. The Morgan fingerprint density at radius 1 is 1.50 bits per heavy atom. The molecule has 0 aliphatic rings. The molecule has 2 heterocycles. The molecule has 1 unspecified atom stereocenters. The van der Waals surface area contributed by atoms with Crippen molar-refractivity contribution in [1.29, 1.82) is 0 Å². The van der Waals surface area contributed by atoms with Gasteiger partial charge in [0, 0.05) is 29.2 Å². The first-order valence-electron chi connectivity index (χ1n) is 5.34. The van der Waals surface area contributed by atoms with Crippen molar-refractivity contribution in [3.8, 4) is 0 Å². The van der Waals surface area contributed by atoms with Crippen LogP contribution in [0.15, 0.2) is 22.2 Å². The van der Waals surface area contributed by atoms with Gasteiger partial charge in [0.05, 0.1) is 5.51 Å². The van der Waals surface area contributed by atoms with Crippen LogP contribution in [-0.4, -0.2) is 4.98 Å². The normalized spacial score (nSPS) is 12.9. The predicted octanol–water partition coefficient (Wildman–Crippen LogP) is 3.20. The van der Waals surface area contributed by atoms with Crippen molar-refractivity contribution in [2.75, 3.05) is 0 Å². The average molecular weight is 236 g/mol. The second-order valence-corrected chi connectivity index (χ2v) is 4.86. The molecule has 16 heavy (non-hydrogen) atoms. The van der Waals surface area contributed by atoms with Gasteiger partial charge in [0.1, 0.15) is 11.5 Å². The fourth-order valence-electron chi connectivity index (χ4n) is 1.66. The van der Waals surface area contributed by atoms with Crippen molar-refractivity contribution in [2.45, 2.75) is 33.4 Å². The predicted molar refractivity (Wildman–Crippen MR) is 65.6 cm³/mol. The number of hydrogen-bond acceptors (Lipinski definition) is 4. The van der Waals surface area contributed by atoms with E-state index in [4.69, 9.17) is 4.42 Å². The van der Waals surface area contributed by atoms with Gasteiger partial charge in [0.15, 0.2) is 0 Å². The summed E-state index contributed by atoms with van der Waals surface area (Å²) in [6.07, 6.45) is 1.91. The van der Waals surface area contributed by atoms with Crippen LogP contribution in [0.2, 0.25) is 0 Å². The van der Waals surface area contributed by atoms with Crippen LogP contribution in [0.4, 0.5) is 0 Å². The number of hydrogen-bond donors (Lipinski definition) is 1. The van der Waals surface area contributed by atoms with E-state index in [1.807, 2.05) is 25.6 Å². The lowest BCUT2D eigenvalue weighted by molar-refractivity contribution is 0.496. The van der Waals surface area contributed by atoms with Gasteiger partial charge in [0.2, 0.25) is 0 Å². The molecule has 4 heteroatoms. The fourth-order valence-corrected chi connectivity index (χ4v) is 2.31. The van der Waals surface area contributed by atoms with Crippen LogP contribution in [0.5, 0.6) is 0 Å². The molecule has 3 nitrogen and oxygen atoms in total. The van der Waals surface area contributed by atoms with E-state index in [9.17, 15) is 0 Å². The number of nitrogens with zero attached hydrogens (tertiary/aromatic N) is 1. The molecule has 0 aromatic carbocycles. The van der Waals surface area contributed by atoms with Crippen molar-refractivity contribution >= 4 is 11.3 Å². The van der Waals surface area contributed by atoms with Crippen LogP contribution in [0.3, 0.4) is 0 Å². The summed E-state index contributed by atoms with van der Waals surface area (Å²) >= 11 is 1.68. The summed E-state index contributed by atoms with van der Waals surface area (Å²) in [5.41, 5.74) is 3.09. The molecule has 0 aliphatic heterocycles. The number of thiazole rings is 1. The molecule has 0 saturated heterocycles. The number of aryl methyl sites for hydroxylation is 2. The molecule has 2 rings (SSSR count). The molecule has 2 aromatic heterocycles. The van der Waals surface area contributed by atoms with Gasteiger partial charge in [-0.2, -0.15) is 0 Å². The number of rotatable bonds is 4. The van der Waals surface area contributed by atoms with Gasteiger partial charge >= 0.3 is 0 Å². The number of furan rings is 1. The van der Waals surface area contributed by atoms with E-state index in [-0.39, 0.29) is 0 Å². The van der Waals surface area contributed by atoms with Gasteiger partial charge in [0.25, 0.3) is 0 Å². The van der Waals surface area contributed by atoms with Crippen molar-refractivity contribution in [3.05, 3.63) is 39.7 Å². The van der Waals surface area contributed by atoms with Crippen molar-refractivity contribution in [2.24, 2.45) is 0 Å². The third-order valence-corrected chi connectivity index (χ3v) is 3.58. The van der Waals surface area contributed by atoms with Crippen LogP contribution >= 0.6 is 11.3 Å². The molecule has 1 atom stereocenters. The van der Waals surface area contributed by atoms with Crippen LogP contribution < -0.4 is 5.32 Å². The Bertz CT molecular complexity index is 448. The van der Waals surface area contributed by atoms with Gasteiger partial charge in [-0.3, -0.25) is 4.98 Å².